The van der Waals surface area contributed by atoms with Crippen LogP contribution in [0.1, 0.15) is 13.3 Å². The number of hydrogen-bond acceptors (Lipinski definition) is 3. The highest BCUT2D eigenvalue weighted by molar-refractivity contribution is 5.77. The normalized spacial score (nSPS) is 35.8. The molecule has 1 rings (SSSR count). The molecule has 1 aliphatic heterocycles. The Labute approximate surface area is 77.9 Å². The number of likely N-dealkylation sites (tertiary alicyclic amines) is 1. The van der Waals surface area contributed by atoms with Crippen molar-refractivity contribution in [3.8, 4) is 0 Å². The molecule has 4 heteroatoms. The number of methoxy groups -OCH3 is 1. The zero-order valence-corrected chi connectivity index (χ0v) is 8.34. The van der Waals surface area contributed by atoms with Crippen molar-refractivity contribution in [3.63, 3.8) is 0 Å². The summed E-state index contributed by atoms with van der Waals surface area (Å²) in [6.45, 7) is 2.69. The topological polar surface area (TPSA) is 29.5 Å². The fraction of sp³-hybridized carbons (Fsp3) is 0.889. The highest BCUT2D eigenvalue weighted by atomic mass is 19.1. The molecule has 0 N–H and O–H groups in total. The van der Waals surface area contributed by atoms with Crippen LogP contribution in [0, 0.1) is 5.41 Å². The van der Waals surface area contributed by atoms with Crippen LogP contribution in [0.15, 0.2) is 0 Å². The smallest absolute Gasteiger partial charge is 0.314 e. The molecule has 0 saturated carbocycles. The van der Waals surface area contributed by atoms with E-state index in [0.29, 0.717) is 13.0 Å². The lowest BCUT2D eigenvalue weighted by Crippen LogP contribution is -2.50. The fourth-order valence-corrected chi connectivity index (χ4v) is 1.61. The van der Waals surface area contributed by atoms with Crippen LogP contribution in [0.2, 0.25) is 0 Å². The SMILES string of the molecule is COC(=O)C1(C)CCN(C)CC1F. The number of halogens is 1. The fourth-order valence-electron chi connectivity index (χ4n) is 1.61. The van der Waals surface area contributed by atoms with E-state index in [1.54, 1.807) is 6.92 Å². The molecule has 0 radical (unpaired) electrons. The average Bonchev–Trinajstić information content (AvgIpc) is 2.11. The third-order valence-corrected chi connectivity index (χ3v) is 2.83. The number of alkyl halides is 1. The van der Waals surface area contributed by atoms with Gasteiger partial charge in [-0.3, -0.25) is 4.79 Å². The van der Waals surface area contributed by atoms with Gasteiger partial charge in [0.25, 0.3) is 0 Å². The Morgan fingerprint density at radius 3 is 2.77 bits per heavy atom. The van der Waals surface area contributed by atoms with Gasteiger partial charge in [-0.15, -0.1) is 0 Å². The number of carbonyl (C=O) groups is 1. The summed E-state index contributed by atoms with van der Waals surface area (Å²) in [6.07, 6.45) is -0.601. The van der Waals surface area contributed by atoms with Crippen LogP contribution in [0.5, 0.6) is 0 Å². The maximum atomic E-state index is 13.6. The second-order valence-corrected chi connectivity index (χ2v) is 3.89. The molecule has 13 heavy (non-hydrogen) atoms. The molecule has 76 valence electrons. The van der Waals surface area contributed by atoms with Gasteiger partial charge in [0.2, 0.25) is 0 Å². The average molecular weight is 189 g/mol. The van der Waals surface area contributed by atoms with Gasteiger partial charge in [0.15, 0.2) is 0 Å². The van der Waals surface area contributed by atoms with Crippen molar-refractivity contribution in [1.82, 2.24) is 4.90 Å². The van der Waals surface area contributed by atoms with Crippen molar-refractivity contribution in [2.45, 2.75) is 19.5 Å². The lowest BCUT2D eigenvalue weighted by Gasteiger charge is -2.38. The van der Waals surface area contributed by atoms with Crippen molar-refractivity contribution in [3.05, 3.63) is 0 Å². The van der Waals surface area contributed by atoms with Crippen molar-refractivity contribution in [2.24, 2.45) is 5.41 Å². The Balaban J connectivity index is 2.73. The first kappa shape index (κ1) is 10.4. The summed E-state index contributed by atoms with van der Waals surface area (Å²) in [4.78, 5) is 13.2. The number of piperidine rings is 1. The summed E-state index contributed by atoms with van der Waals surface area (Å²) in [5.74, 6) is -0.437. The Morgan fingerprint density at radius 1 is 1.69 bits per heavy atom. The Kier molecular flexibility index (Phi) is 2.91. The van der Waals surface area contributed by atoms with E-state index in [4.69, 9.17) is 0 Å². The van der Waals surface area contributed by atoms with Gasteiger partial charge in [0.1, 0.15) is 6.17 Å². The third kappa shape index (κ3) is 1.82. The van der Waals surface area contributed by atoms with Gasteiger partial charge in [0, 0.05) is 6.54 Å². The standard InChI is InChI=1S/C9H16FNO2/c1-9(8(12)13-3)4-5-11(2)6-7(9)10/h7H,4-6H2,1-3H3. The first-order valence-corrected chi connectivity index (χ1v) is 4.41. The number of hydrogen-bond donors (Lipinski definition) is 0. The summed E-state index contributed by atoms with van der Waals surface area (Å²) in [5.41, 5.74) is -0.943. The molecule has 1 saturated heterocycles. The molecule has 3 nitrogen and oxygen atoms in total. The minimum atomic E-state index is -1.13. The van der Waals surface area contributed by atoms with Gasteiger partial charge in [-0.05, 0) is 26.9 Å². The molecule has 0 aliphatic carbocycles. The Hall–Kier alpha value is -0.640. The van der Waals surface area contributed by atoms with Gasteiger partial charge in [-0.2, -0.15) is 0 Å². The Morgan fingerprint density at radius 2 is 2.31 bits per heavy atom. The monoisotopic (exact) mass is 189 g/mol. The van der Waals surface area contributed by atoms with E-state index in [1.807, 2.05) is 11.9 Å². The number of esters is 1. The van der Waals surface area contributed by atoms with Gasteiger partial charge >= 0.3 is 5.97 Å². The first-order valence-electron chi connectivity index (χ1n) is 4.41. The zero-order valence-electron chi connectivity index (χ0n) is 8.34. The zero-order chi connectivity index (χ0) is 10.1. The molecule has 1 fully saturated rings. The van der Waals surface area contributed by atoms with Crippen molar-refractivity contribution in [1.29, 1.82) is 0 Å². The maximum Gasteiger partial charge on any atom is 0.314 e. The van der Waals surface area contributed by atoms with E-state index < -0.39 is 17.6 Å². The summed E-state index contributed by atoms with van der Waals surface area (Å²) < 4.78 is 18.2. The summed E-state index contributed by atoms with van der Waals surface area (Å²) >= 11 is 0. The highest BCUT2D eigenvalue weighted by Crippen LogP contribution is 2.34. The van der Waals surface area contributed by atoms with Crippen LogP contribution in [0.3, 0.4) is 0 Å². The quantitative estimate of drug-likeness (QED) is 0.572. The lowest BCUT2D eigenvalue weighted by atomic mass is 9.79. The highest BCUT2D eigenvalue weighted by Gasteiger charge is 2.45. The van der Waals surface area contributed by atoms with E-state index in [9.17, 15) is 9.18 Å². The third-order valence-electron chi connectivity index (χ3n) is 2.83. The van der Waals surface area contributed by atoms with E-state index in [2.05, 4.69) is 4.74 Å². The van der Waals surface area contributed by atoms with Crippen LogP contribution in [0.25, 0.3) is 0 Å². The second kappa shape index (κ2) is 3.62. The molecule has 0 aromatic carbocycles. The van der Waals surface area contributed by atoms with Gasteiger partial charge in [-0.1, -0.05) is 0 Å². The molecule has 0 amide bonds. The van der Waals surface area contributed by atoms with Crippen LogP contribution < -0.4 is 0 Å². The molecule has 1 heterocycles. The molecule has 1 aliphatic rings. The van der Waals surface area contributed by atoms with E-state index in [1.165, 1.54) is 7.11 Å². The second-order valence-electron chi connectivity index (χ2n) is 3.89. The summed E-state index contributed by atoms with van der Waals surface area (Å²) in [5, 5.41) is 0. The molecule has 0 spiro atoms. The molecule has 0 bridgehead atoms. The summed E-state index contributed by atoms with van der Waals surface area (Å²) in [6, 6.07) is 0. The minimum absolute atomic E-state index is 0.311. The minimum Gasteiger partial charge on any atom is -0.469 e. The number of rotatable bonds is 1. The first-order chi connectivity index (χ1) is 6.00. The number of carbonyl (C=O) groups excluding carboxylic acids is 1. The van der Waals surface area contributed by atoms with Gasteiger partial charge in [0.05, 0.1) is 12.5 Å². The lowest BCUT2D eigenvalue weighted by molar-refractivity contribution is -0.159. The number of nitrogens with zero attached hydrogens (tertiary/aromatic N) is 1. The van der Waals surface area contributed by atoms with E-state index >= 15 is 0 Å². The van der Waals surface area contributed by atoms with Gasteiger partial charge in [-0.25, -0.2) is 4.39 Å². The largest absolute Gasteiger partial charge is 0.469 e. The summed E-state index contributed by atoms with van der Waals surface area (Å²) in [7, 11) is 3.15. The van der Waals surface area contributed by atoms with Crippen LogP contribution in [-0.4, -0.2) is 44.3 Å². The van der Waals surface area contributed by atoms with Crippen molar-refractivity contribution >= 4 is 5.97 Å². The molecule has 0 aromatic rings. The van der Waals surface area contributed by atoms with Crippen LogP contribution >= 0.6 is 0 Å². The molecule has 0 aromatic heterocycles. The molecular weight excluding hydrogens is 173 g/mol. The van der Waals surface area contributed by atoms with Crippen molar-refractivity contribution in [2.75, 3.05) is 27.2 Å². The number of ether oxygens (including phenoxy) is 1. The predicted molar refractivity (Wildman–Crippen MR) is 47.1 cm³/mol. The van der Waals surface area contributed by atoms with Gasteiger partial charge < -0.3 is 9.64 Å². The molecular formula is C9H16FNO2. The Bertz CT molecular complexity index is 210. The maximum absolute atomic E-state index is 13.6. The van der Waals surface area contributed by atoms with Crippen LogP contribution in [-0.2, 0) is 9.53 Å². The van der Waals surface area contributed by atoms with Crippen LogP contribution in [0.4, 0.5) is 4.39 Å². The predicted octanol–water partition coefficient (Wildman–Crippen LogP) is 0.839. The van der Waals surface area contributed by atoms with Crippen molar-refractivity contribution < 1.29 is 13.9 Å². The molecule has 2 unspecified atom stereocenters. The van der Waals surface area contributed by atoms with E-state index in [-0.39, 0.29) is 0 Å². The van der Waals surface area contributed by atoms with E-state index in [0.717, 1.165) is 6.54 Å². The molecule has 2 atom stereocenters.